The van der Waals surface area contributed by atoms with E-state index in [9.17, 15) is 9.59 Å². The molecule has 0 N–H and O–H groups in total. The third-order valence-electron chi connectivity index (χ3n) is 6.76. The molecule has 0 radical (unpaired) electrons. The van der Waals surface area contributed by atoms with Gasteiger partial charge in [-0.05, 0) is 42.7 Å². The predicted molar refractivity (Wildman–Crippen MR) is 106 cm³/mol. The summed E-state index contributed by atoms with van der Waals surface area (Å²) in [6.07, 6.45) is 6.52. The normalized spacial score (nSPS) is 24.2. The van der Waals surface area contributed by atoms with Gasteiger partial charge in [0.2, 0.25) is 11.8 Å². The molecule has 1 atom stereocenters. The highest BCUT2D eigenvalue weighted by atomic mass is 16.2. The summed E-state index contributed by atoms with van der Waals surface area (Å²) in [6, 6.07) is 10.5. The van der Waals surface area contributed by atoms with E-state index in [-0.39, 0.29) is 23.8 Å². The highest BCUT2D eigenvalue weighted by Gasteiger charge is 2.45. The molecule has 5 nitrogen and oxygen atoms in total. The number of nitrogens with zero attached hydrogens (tertiary/aromatic N) is 3. The van der Waals surface area contributed by atoms with E-state index in [0.29, 0.717) is 12.3 Å². The lowest BCUT2D eigenvalue weighted by Crippen LogP contribution is -2.41. The molecule has 1 aromatic rings. The minimum Gasteiger partial charge on any atom is -0.371 e. The quantitative estimate of drug-likeness (QED) is 0.802. The summed E-state index contributed by atoms with van der Waals surface area (Å²) in [6.45, 7) is 3.86. The zero-order valence-corrected chi connectivity index (χ0v) is 16.4. The standard InChI is InChI=1S/C22H31N3O2/c1-23(14-18-9-12-24(15-18)19-7-3-2-4-8-19)21(27)16-25-17-22(13-20(25)26)10-5-6-11-22/h2-4,7-8,18H,5-6,9-17H2,1H3/t18-/m1/s1. The van der Waals surface area contributed by atoms with Crippen LogP contribution in [0.4, 0.5) is 5.69 Å². The Hall–Kier alpha value is -2.04. The smallest absolute Gasteiger partial charge is 0.241 e. The van der Waals surface area contributed by atoms with E-state index in [4.69, 9.17) is 0 Å². The fourth-order valence-electron chi connectivity index (χ4n) is 5.21. The molecule has 2 amide bonds. The molecule has 1 saturated carbocycles. The molecule has 4 rings (SSSR count). The lowest BCUT2D eigenvalue weighted by Gasteiger charge is -2.26. The molecule has 5 heteroatoms. The average molecular weight is 370 g/mol. The molecule has 1 aliphatic carbocycles. The number of amides is 2. The van der Waals surface area contributed by atoms with Crippen molar-refractivity contribution in [2.45, 2.75) is 38.5 Å². The molecule has 1 spiro atoms. The fraction of sp³-hybridized carbons (Fsp3) is 0.636. The second kappa shape index (κ2) is 7.53. The van der Waals surface area contributed by atoms with E-state index in [2.05, 4.69) is 29.2 Å². The van der Waals surface area contributed by atoms with Crippen LogP contribution < -0.4 is 4.90 Å². The largest absolute Gasteiger partial charge is 0.371 e. The zero-order chi connectivity index (χ0) is 18.9. The van der Waals surface area contributed by atoms with Gasteiger partial charge in [-0.2, -0.15) is 0 Å². The Morgan fingerprint density at radius 2 is 1.96 bits per heavy atom. The summed E-state index contributed by atoms with van der Waals surface area (Å²) < 4.78 is 0. The lowest BCUT2D eigenvalue weighted by molar-refractivity contribution is -0.137. The molecule has 0 aromatic heterocycles. The summed E-state index contributed by atoms with van der Waals surface area (Å²) in [5.74, 6) is 0.751. The number of carbonyl (C=O) groups excluding carboxylic acids is 2. The molecule has 27 heavy (non-hydrogen) atoms. The van der Waals surface area contributed by atoms with Crippen molar-refractivity contribution in [1.29, 1.82) is 0 Å². The number of para-hydroxylation sites is 1. The van der Waals surface area contributed by atoms with Crippen molar-refractivity contribution in [2.75, 3.05) is 44.7 Å². The molecular formula is C22H31N3O2. The van der Waals surface area contributed by atoms with Gasteiger partial charge in [0.15, 0.2) is 0 Å². The van der Waals surface area contributed by atoms with Crippen LogP contribution in [-0.4, -0.2) is 61.4 Å². The molecule has 0 bridgehead atoms. The molecule has 2 saturated heterocycles. The van der Waals surface area contributed by atoms with Crippen LogP contribution >= 0.6 is 0 Å². The Kier molecular flexibility index (Phi) is 5.11. The molecule has 2 aliphatic heterocycles. The van der Waals surface area contributed by atoms with Gasteiger partial charge in [-0.15, -0.1) is 0 Å². The second-order valence-electron chi connectivity index (χ2n) is 8.84. The Labute approximate surface area is 162 Å². The van der Waals surface area contributed by atoms with E-state index >= 15 is 0 Å². The topological polar surface area (TPSA) is 43.9 Å². The number of benzene rings is 1. The summed E-state index contributed by atoms with van der Waals surface area (Å²) >= 11 is 0. The average Bonchev–Trinajstić information content (AvgIpc) is 3.38. The zero-order valence-electron chi connectivity index (χ0n) is 16.4. The number of hydrogen-bond donors (Lipinski definition) is 0. The van der Waals surface area contributed by atoms with Crippen molar-refractivity contribution in [3.8, 4) is 0 Å². The summed E-state index contributed by atoms with van der Waals surface area (Å²) in [7, 11) is 1.89. The minimum atomic E-state index is 0.0801. The summed E-state index contributed by atoms with van der Waals surface area (Å²) in [4.78, 5) is 31.1. The van der Waals surface area contributed by atoms with Crippen LogP contribution in [0.3, 0.4) is 0 Å². The van der Waals surface area contributed by atoms with Gasteiger partial charge in [0, 0.05) is 45.3 Å². The first-order valence-electron chi connectivity index (χ1n) is 10.4. The molecule has 2 heterocycles. The minimum absolute atomic E-state index is 0.0801. The second-order valence-corrected chi connectivity index (χ2v) is 8.84. The molecule has 3 aliphatic rings. The molecule has 146 valence electrons. The summed E-state index contributed by atoms with van der Waals surface area (Å²) in [5.41, 5.74) is 1.44. The van der Waals surface area contributed by atoms with Gasteiger partial charge in [-0.3, -0.25) is 9.59 Å². The van der Waals surface area contributed by atoms with Gasteiger partial charge in [-0.1, -0.05) is 31.0 Å². The lowest BCUT2D eigenvalue weighted by atomic mass is 9.85. The van der Waals surface area contributed by atoms with Crippen LogP contribution in [0.5, 0.6) is 0 Å². The van der Waals surface area contributed by atoms with E-state index in [1.54, 1.807) is 0 Å². The van der Waals surface area contributed by atoms with Gasteiger partial charge in [0.1, 0.15) is 0 Å². The maximum atomic E-state index is 12.7. The number of rotatable bonds is 5. The van der Waals surface area contributed by atoms with Crippen LogP contribution in [0, 0.1) is 11.3 Å². The molecule has 0 unspecified atom stereocenters. The van der Waals surface area contributed by atoms with Crippen molar-refractivity contribution in [1.82, 2.24) is 9.80 Å². The van der Waals surface area contributed by atoms with E-state index in [0.717, 1.165) is 45.4 Å². The first-order chi connectivity index (χ1) is 13.0. The maximum absolute atomic E-state index is 12.7. The Morgan fingerprint density at radius 1 is 1.22 bits per heavy atom. The third-order valence-corrected chi connectivity index (χ3v) is 6.76. The predicted octanol–water partition coefficient (Wildman–Crippen LogP) is 2.76. The third kappa shape index (κ3) is 3.97. The summed E-state index contributed by atoms with van der Waals surface area (Å²) in [5, 5.41) is 0. The number of hydrogen-bond acceptors (Lipinski definition) is 3. The van der Waals surface area contributed by atoms with Crippen molar-refractivity contribution in [3.05, 3.63) is 30.3 Å². The number of likely N-dealkylation sites (tertiary alicyclic amines) is 1. The van der Waals surface area contributed by atoms with Crippen LogP contribution in [0.2, 0.25) is 0 Å². The van der Waals surface area contributed by atoms with Gasteiger partial charge in [0.25, 0.3) is 0 Å². The highest BCUT2D eigenvalue weighted by Crippen LogP contribution is 2.45. The number of carbonyl (C=O) groups is 2. The van der Waals surface area contributed by atoms with Gasteiger partial charge in [-0.25, -0.2) is 0 Å². The number of likely N-dealkylation sites (N-methyl/N-ethyl adjacent to an activating group) is 1. The van der Waals surface area contributed by atoms with Crippen molar-refractivity contribution < 1.29 is 9.59 Å². The van der Waals surface area contributed by atoms with Gasteiger partial charge >= 0.3 is 0 Å². The first kappa shape index (κ1) is 18.3. The van der Waals surface area contributed by atoms with E-state index < -0.39 is 0 Å². The molecular weight excluding hydrogens is 338 g/mol. The maximum Gasteiger partial charge on any atom is 0.241 e. The fourth-order valence-corrected chi connectivity index (χ4v) is 5.21. The monoisotopic (exact) mass is 369 g/mol. The Morgan fingerprint density at radius 3 is 2.70 bits per heavy atom. The van der Waals surface area contributed by atoms with Crippen LogP contribution in [0.15, 0.2) is 30.3 Å². The van der Waals surface area contributed by atoms with Crippen molar-refractivity contribution in [3.63, 3.8) is 0 Å². The number of anilines is 1. The van der Waals surface area contributed by atoms with Crippen LogP contribution in [-0.2, 0) is 9.59 Å². The van der Waals surface area contributed by atoms with Crippen LogP contribution in [0.1, 0.15) is 38.5 Å². The van der Waals surface area contributed by atoms with Gasteiger partial charge in [0.05, 0.1) is 6.54 Å². The highest BCUT2D eigenvalue weighted by molar-refractivity contribution is 5.86. The molecule has 1 aromatic carbocycles. The van der Waals surface area contributed by atoms with E-state index in [1.165, 1.54) is 18.5 Å². The SMILES string of the molecule is CN(C[C@H]1CCN(c2ccccc2)C1)C(=O)CN1CC2(CCCC2)CC1=O. The van der Waals surface area contributed by atoms with Crippen LogP contribution in [0.25, 0.3) is 0 Å². The Balaban J connectivity index is 1.27. The van der Waals surface area contributed by atoms with Gasteiger partial charge < -0.3 is 14.7 Å². The van der Waals surface area contributed by atoms with Crippen molar-refractivity contribution in [2.24, 2.45) is 11.3 Å². The molecule has 3 fully saturated rings. The van der Waals surface area contributed by atoms with Crippen molar-refractivity contribution >= 4 is 17.5 Å². The van der Waals surface area contributed by atoms with E-state index in [1.807, 2.05) is 22.9 Å². The first-order valence-corrected chi connectivity index (χ1v) is 10.4. The Bertz CT molecular complexity index is 684.